The van der Waals surface area contributed by atoms with Crippen molar-refractivity contribution in [2.45, 2.75) is 47.0 Å². The second-order valence-electron chi connectivity index (χ2n) is 6.40. The number of carbonyl (C=O) groups excluding carboxylic acids is 2. The van der Waals surface area contributed by atoms with E-state index in [-0.39, 0.29) is 17.7 Å². The summed E-state index contributed by atoms with van der Waals surface area (Å²) in [4.78, 5) is 25.6. The van der Waals surface area contributed by atoms with E-state index in [0.717, 1.165) is 25.9 Å². The molecular weight excluding hydrogens is 240 g/mol. The average Bonchev–Trinajstić information content (AvgIpc) is 2.74. The van der Waals surface area contributed by atoms with E-state index in [4.69, 9.17) is 0 Å². The highest BCUT2D eigenvalue weighted by Gasteiger charge is 2.31. The van der Waals surface area contributed by atoms with Crippen LogP contribution in [0.2, 0.25) is 0 Å². The smallest absolute Gasteiger partial charge is 0.227 e. The highest BCUT2D eigenvalue weighted by atomic mass is 16.2. The van der Waals surface area contributed by atoms with Gasteiger partial charge in [-0.25, -0.2) is 0 Å². The quantitative estimate of drug-likeness (QED) is 0.768. The van der Waals surface area contributed by atoms with E-state index in [0.29, 0.717) is 24.8 Å². The molecule has 0 aromatic rings. The molecule has 4 heteroatoms. The molecule has 0 aromatic carbocycles. The molecule has 1 saturated heterocycles. The molecule has 110 valence electrons. The zero-order chi connectivity index (χ0) is 14.4. The highest BCUT2D eigenvalue weighted by Crippen LogP contribution is 2.15. The van der Waals surface area contributed by atoms with Crippen LogP contribution in [0.4, 0.5) is 0 Å². The van der Waals surface area contributed by atoms with Gasteiger partial charge in [-0.15, -0.1) is 0 Å². The van der Waals surface area contributed by atoms with E-state index in [9.17, 15) is 9.59 Å². The van der Waals surface area contributed by atoms with Crippen LogP contribution in [0.15, 0.2) is 0 Å². The second-order valence-corrected chi connectivity index (χ2v) is 6.40. The minimum Gasteiger partial charge on any atom is -0.355 e. The molecule has 19 heavy (non-hydrogen) atoms. The fourth-order valence-electron chi connectivity index (χ4n) is 2.20. The summed E-state index contributed by atoms with van der Waals surface area (Å²) in [7, 11) is 0. The largest absolute Gasteiger partial charge is 0.355 e. The molecule has 0 radical (unpaired) electrons. The third-order valence-electron chi connectivity index (χ3n) is 3.59. The molecule has 0 aromatic heterocycles. The van der Waals surface area contributed by atoms with E-state index in [1.807, 2.05) is 4.90 Å². The van der Waals surface area contributed by atoms with Gasteiger partial charge in [0.2, 0.25) is 11.8 Å². The van der Waals surface area contributed by atoms with Crippen LogP contribution in [-0.2, 0) is 9.59 Å². The molecule has 1 heterocycles. The summed E-state index contributed by atoms with van der Waals surface area (Å²) < 4.78 is 0. The van der Waals surface area contributed by atoms with Crippen LogP contribution in [0.3, 0.4) is 0 Å². The van der Waals surface area contributed by atoms with Crippen molar-refractivity contribution in [3.63, 3.8) is 0 Å². The van der Waals surface area contributed by atoms with Crippen molar-refractivity contribution in [2.75, 3.05) is 19.6 Å². The summed E-state index contributed by atoms with van der Waals surface area (Å²) in [5, 5.41) is 2.75. The maximum absolute atomic E-state index is 12.4. The van der Waals surface area contributed by atoms with Crippen molar-refractivity contribution in [2.24, 2.45) is 17.8 Å². The normalized spacial score (nSPS) is 19.1. The number of hydrogen-bond donors (Lipinski definition) is 1. The van der Waals surface area contributed by atoms with Crippen LogP contribution in [0.5, 0.6) is 0 Å². The van der Waals surface area contributed by atoms with Crippen LogP contribution >= 0.6 is 0 Å². The third-order valence-corrected chi connectivity index (χ3v) is 3.59. The molecule has 0 aliphatic carbocycles. The van der Waals surface area contributed by atoms with Crippen molar-refractivity contribution >= 4 is 11.8 Å². The van der Waals surface area contributed by atoms with E-state index in [2.05, 4.69) is 33.0 Å². The van der Waals surface area contributed by atoms with Crippen molar-refractivity contribution in [3.05, 3.63) is 0 Å². The molecular formula is C15H28N2O2. The summed E-state index contributed by atoms with van der Waals surface area (Å²) in [6.45, 7) is 10.8. The second kappa shape index (κ2) is 7.51. The highest BCUT2D eigenvalue weighted by molar-refractivity contribution is 5.89. The molecule has 1 aliphatic rings. The number of amides is 2. The SMILES string of the molecule is CC(C)CCN(CCC(C)C)C(=O)C1CNC(=O)C1. The molecule has 1 aliphatic heterocycles. The third kappa shape index (κ3) is 5.62. The maximum Gasteiger partial charge on any atom is 0.227 e. The predicted molar refractivity (Wildman–Crippen MR) is 76.6 cm³/mol. The van der Waals surface area contributed by atoms with Crippen LogP contribution < -0.4 is 5.32 Å². The molecule has 1 atom stereocenters. The molecule has 0 spiro atoms. The first-order valence-corrected chi connectivity index (χ1v) is 7.45. The number of nitrogens with zero attached hydrogens (tertiary/aromatic N) is 1. The van der Waals surface area contributed by atoms with E-state index in [1.165, 1.54) is 0 Å². The Bertz CT molecular complexity index is 301. The summed E-state index contributed by atoms with van der Waals surface area (Å²) in [6.07, 6.45) is 2.41. The number of rotatable bonds is 7. The van der Waals surface area contributed by atoms with Crippen molar-refractivity contribution < 1.29 is 9.59 Å². The summed E-state index contributed by atoms with van der Waals surface area (Å²) in [6, 6.07) is 0. The van der Waals surface area contributed by atoms with Crippen molar-refractivity contribution in [3.8, 4) is 0 Å². The van der Waals surface area contributed by atoms with Crippen LogP contribution in [0.25, 0.3) is 0 Å². The van der Waals surface area contributed by atoms with Crippen LogP contribution in [0, 0.1) is 17.8 Å². The number of hydrogen-bond acceptors (Lipinski definition) is 2. The van der Waals surface area contributed by atoms with Gasteiger partial charge in [-0.2, -0.15) is 0 Å². The Morgan fingerprint density at radius 3 is 2.11 bits per heavy atom. The maximum atomic E-state index is 12.4. The summed E-state index contributed by atoms with van der Waals surface area (Å²) in [5.41, 5.74) is 0. The predicted octanol–water partition coefficient (Wildman–Crippen LogP) is 2.04. The van der Waals surface area contributed by atoms with Gasteiger partial charge in [-0.3, -0.25) is 9.59 Å². The lowest BCUT2D eigenvalue weighted by Gasteiger charge is -2.26. The first-order chi connectivity index (χ1) is 8.90. The zero-order valence-electron chi connectivity index (χ0n) is 12.7. The van der Waals surface area contributed by atoms with Crippen LogP contribution in [-0.4, -0.2) is 36.3 Å². The Balaban J connectivity index is 2.54. The minimum absolute atomic E-state index is 0.00557. The molecule has 1 N–H and O–H groups in total. The molecule has 0 bridgehead atoms. The van der Waals surface area contributed by atoms with Gasteiger partial charge in [-0.05, 0) is 24.7 Å². The van der Waals surface area contributed by atoms with Gasteiger partial charge < -0.3 is 10.2 Å². The van der Waals surface area contributed by atoms with Gasteiger partial charge in [0.1, 0.15) is 0 Å². The first-order valence-electron chi connectivity index (χ1n) is 7.45. The topological polar surface area (TPSA) is 49.4 Å². The van der Waals surface area contributed by atoms with Gasteiger partial charge in [0.25, 0.3) is 0 Å². The zero-order valence-corrected chi connectivity index (χ0v) is 12.7. The number of carbonyl (C=O) groups is 2. The molecule has 1 unspecified atom stereocenters. The van der Waals surface area contributed by atoms with Gasteiger partial charge in [0, 0.05) is 26.1 Å². The standard InChI is InChI=1S/C15H28N2O2/c1-11(2)5-7-17(8-6-12(3)4)15(19)13-9-14(18)16-10-13/h11-13H,5-10H2,1-4H3,(H,16,18). The molecule has 4 nitrogen and oxygen atoms in total. The van der Waals surface area contributed by atoms with Gasteiger partial charge >= 0.3 is 0 Å². The lowest BCUT2D eigenvalue weighted by Crippen LogP contribution is -2.39. The Hall–Kier alpha value is -1.06. The van der Waals surface area contributed by atoms with Gasteiger partial charge in [-0.1, -0.05) is 27.7 Å². The Kier molecular flexibility index (Phi) is 6.32. The average molecular weight is 268 g/mol. The summed E-state index contributed by atoms with van der Waals surface area (Å²) in [5.74, 6) is 1.20. The Morgan fingerprint density at radius 2 is 1.74 bits per heavy atom. The molecule has 1 rings (SSSR count). The molecule has 0 saturated carbocycles. The monoisotopic (exact) mass is 268 g/mol. The fourth-order valence-corrected chi connectivity index (χ4v) is 2.20. The lowest BCUT2D eigenvalue weighted by atomic mass is 10.0. The van der Waals surface area contributed by atoms with E-state index >= 15 is 0 Å². The lowest BCUT2D eigenvalue weighted by molar-refractivity contribution is -0.136. The van der Waals surface area contributed by atoms with Crippen molar-refractivity contribution in [1.82, 2.24) is 10.2 Å². The van der Waals surface area contributed by atoms with Crippen molar-refractivity contribution in [1.29, 1.82) is 0 Å². The van der Waals surface area contributed by atoms with E-state index < -0.39 is 0 Å². The minimum atomic E-state index is -0.146. The van der Waals surface area contributed by atoms with Gasteiger partial charge in [0.15, 0.2) is 0 Å². The molecule has 1 fully saturated rings. The molecule has 2 amide bonds. The Morgan fingerprint density at radius 1 is 1.21 bits per heavy atom. The van der Waals surface area contributed by atoms with Crippen LogP contribution in [0.1, 0.15) is 47.0 Å². The number of nitrogens with one attached hydrogen (secondary N) is 1. The van der Waals surface area contributed by atoms with Gasteiger partial charge in [0.05, 0.1) is 5.92 Å². The Labute approximate surface area is 116 Å². The van der Waals surface area contributed by atoms with E-state index in [1.54, 1.807) is 0 Å². The summed E-state index contributed by atoms with van der Waals surface area (Å²) >= 11 is 0. The fraction of sp³-hybridized carbons (Fsp3) is 0.867. The first kappa shape index (κ1) is 16.0.